The van der Waals surface area contributed by atoms with Crippen molar-refractivity contribution in [2.24, 2.45) is 0 Å². The Kier molecular flexibility index (Phi) is 6.18. The minimum Gasteiger partial charge on any atom is -0.206 e. The summed E-state index contributed by atoms with van der Waals surface area (Å²) in [4.78, 5) is 0. The molecular formula is C27H32F2. The SMILES string of the molecule is Cc1ccc(CCc2ccc(C)c(C3CCCCC3)c2F)c(C2=CCCC2)c1F. The van der Waals surface area contributed by atoms with E-state index in [-0.39, 0.29) is 11.6 Å². The highest BCUT2D eigenvalue weighted by Gasteiger charge is 2.23. The molecular weight excluding hydrogens is 362 g/mol. The second-order valence-corrected chi connectivity index (χ2v) is 8.96. The van der Waals surface area contributed by atoms with Crippen LogP contribution < -0.4 is 0 Å². The summed E-state index contributed by atoms with van der Waals surface area (Å²) in [5, 5.41) is 0. The van der Waals surface area contributed by atoms with Crippen LogP contribution in [0.2, 0.25) is 0 Å². The first-order valence-corrected chi connectivity index (χ1v) is 11.3. The Labute approximate surface area is 174 Å². The van der Waals surface area contributed by atoms with Crippen molar-refractivity contribution in [1.82, 2.24) is 0 Å². The number of halogens is 2. The largest absolute Gasteiger partial charge is 0.206 e. The summed E-state index contributed by atoms with van der Waals surface area (Å²) in [6, 6.07) is 7.93. The lowest BCUT2D eigenvalue weighted by Crippen LogP contribution is -2.11. The molecule has 1 fully saturated rings. The first-order chi connectivity index (χ1) is 14.1. The molecule has 0 saturated heterocycles. The number of benzene rings is 2. The van der Waals surface area contributed by atoms with E-state index in [1.807, 2.05) is 32.0 Å². The maximum absolute atomic E-state index is 15.5. The lowest BCUT2D eigenvalue weighted by atomic mass is 9.81. The third-order valence-corrected chi connectivity index (χ3v) is 6.94. The molecule has 4 rings (SSSR count). The molecule has 29 heavy (non-hydrogen) atoms. The molecule has 0 radical (unpaired) electrons. The van der Waals surface area contributed by atoms with Crippen LogP contribution in [-0.4, -0.2) is 0 Å². The summed E-state index contributed by atoms with van der Waals surface area (Å²) in [6.45, 7) is 3.87. The smallest absolute Gasteiger partial charge is 0.133 e. The number of rotatable bonds is 5. The highest BCUT2D eigenvalue weighted by Crippen LogP contribution is 2.37. The fraction of sp³-hybridized carbons (Fsp3) is 0.481. The van der Waals surface area contributed by atoms with E-state index in [9.17, 15) is 4.39 Å². The van der Waals surface area contributed by atoms with Gasteiger partial charge in [0.1, 0.15) is 11.6 Å². The van der Waals surface area contributed by atoms with Gasteiger partial charge in [-0.3, -0.25) is 0 Å². The van der Waals surface area contributed by atoms with Crippen molar-refractivity contribution in [2.45, 2.75) is 84.0 Å². The molecule has 0 aromatic heterocycles. The maximum atomic E-state index is 15.5. The van der Waals surface area contributed by atoms with Gasteiger partial charge in [0, 0.05) is 5.56 Å². The molecule has 0 bridgehead atoms. The topological polar surface area (TPSA) is 0 Å². The first kappa shape index (κ1) is 20.3. The van der Waals surface area contributed by atoms with E-state index in [4.69, 9.17) is 0 Å². The zero-order chi connectivity index (χ0) is 20.4. The van der Waals surface area contributed by atoms with Gasteiger partial charge in [0.25, 0.3) is 0 Å². The van der Waals surface area contributed by atoms with Crippen LogP contribution in [0, 0.1) is 25.5 Å². The van der Waals surface area contributed by atoms with Crippen LogP contribution in [0.15, 0.2) is 30.3 Å². The van der Waals surface area contributed by atoms with E-state index in [1.54, 1.807) is 0 Å². The Bertz CT molecular complexity index is 917. The van der Waals surface area contributed by atoms with Crippen molar-refractivity contribution in [2.75, 3.05) is 0 Å². The normalized spacial score (nSPS) is 17.6. The third kappa shape index (κ3) is 4.17. The molecule has 1 saturated carbocycles. The fourth-order valence-electron chi connectivity index (χ4n) is 5.26. The first-order valence-electron chi connectivity index (χ1n) is 11.3. The Morgan fingerprint density at radius 3 is 2.21 bits per heavy atom. The van der Waals surface area contributed by atoms with Gasteiger partial charge < -0.3 is 0 Å². The standard InChI is InChI=1S/C27H32F2/c1-18-12-15-23(27(29)24(18)20-8-4-3-5-9-20)17-16-22-14-13-19(2)26(28)25(22)21-10-6-7-11-21/h10,12-15,20H,3-9,11,16-17H2,1-2H3. The Hall–Kier alpha value is -1.96. The van der Waals surface area contributed by atoms with Crippen LogP contribution in [-0.2, 0) is 12.8 Å². The second-order valence-electron chi connectivity index (χ2n) is 8.96. The lowest BCUT2D eigenvalue weighted by molar-refractivity contribution is 0.426. The predicted octanol–water partition coefficient (Wildman–Crippen LogP) is 7.98. The molecule has 0 spiro atoms. The van der Waals surface area contributed by atoms with Crippen molar-refractivity contribution in [1.29, 1.82) is 0 Å². The van der Waals surface area contributed by atoms with Crippen molar-refractivity contribution in [3.05, 3.63) is 75.4 Å². The third-order valence-electron chi connectivity index (χ3n) is 6.94. The molecule has 2 aromatic carbocycles. The van der Waals surface area contributed by atoms with Gasteiger partial charge in [-0.05, 0) is 98.1 Å². The van der Waals surface area contributed by atoms with Crippen LogP contribution in [0.25, 0.3) is 5.57 Å². The van der Waals surface area contributed by atoms with Crippen LogP contribution in [0.1, 0.15) is 90.7 Å². The van der Waals surface area contributed by atoms with Crippen LogP contribution in [0.5, 0.6) is 0 Å². The summed E-state index contributed by atoms with van der Waals surface area (Å²) in [5.74, 6) is 0.258. The quantitative estimate of drug-likeness (QED) is 0.482. The predicted molar refractivity (Wildman–Crippen MR) is 117 cm³/mol. The van der Waals surface area contributed by atoms with E-state index >= 15 is 4.39 Å². The van der Waals surface area contributed by atoms with Crippen molar-refractivity contribution in [3.63, 3.8) is 0 Å². The van der Waals surface area contributed by atoms with Gasteiger partial charge >= 0.3 is 0 Å². The molecule has 0 aliphatic heterocycles. The Morgan fingerprint density at radius 1 is 0.793 bits per heavy atom. The van der Waals surface area contributed by atoms with E-state index in [2.05, 4.69) is 12.1 Å². The van der Waals surface area contributed by atoms with Gasteiger partial charge in [-0.2, -0.15) is 0 Å². The zero-order valence-corrected chi connectivity index (χ0v) is 17.8. The summed E-state index contributed by atoms with van der Waals surface area (Å²) in [5.41, 5.74) is 6.42. The minimum atomic E-state index is -0.0945. The van der Waals surface area contributed by atoms with E-state index in [0.29, 0.717) is 24.3 Å². The fourth-order valence-corrected chi connectivity index (χ4v) is 5.26. The second kappa shape index (κ2) is 8.81. The van der Waals surface area contributed by atoms with Gasteiger partial charge in [0.15, 0.2) is 0 Å². The highest BCUT2D eigenvalue weighted by atomic mass is 19.1. The number of allylic oxidation sites excluding steroid dienone is 2. The summed E-state index contributed by atoms with van der Waals surface area (Å²) >= 11 is 0. The maximum Gasteiger partial charge on any atom is 0.133 e. The van der Waals surface area contributed by atoms with E-state index in [1.165, 1.54) is 19.3 Å². The molecule has 0 atom stereocenters. The van der Waals surface area contributed by atoms with Gasteiger partial charge in [0.05, 0.1) is 0 Å². The Balaban J connectivity index is 1.61. The lowest BCUT2D eigenvalue weighted by Gasteiger charge is -2.25. The van der Waals surface area contributed by atoms with E-state index in [0.717, 1.165) is 65.5 Å². The molecule has 0 heterocycles. The number of hydrogen-bond donors (Lipinski definition) is 0. The van der Waals surface area contributed by atoms with Crippen molar-refractivity contribution >= 4 is 5.57 Å². The molecule has 2 heteroatoms. The monoisotopic (exact) mass is 394 g/mol. The molecule has 2 aliphatic rings. The summed E-state index contributed by atoms with van der Waals surface area (Å²) in [6.07, 6.45) is 12.4. The zero-order valence-electron chi connectivity index (χ0n) is 17.8. The molecule has 2 aromatic rings. The number of hydrogen-bond acceptors (Lipinski definition) is 0. The molecule has 2 aliphatic carbocycles. The van der Waals surface area contributed by atoms with Crippen LogP contribution in [0.4, 0.5) is 8.78 Å². The van der Waals surface area contributed by atoms with Gasteiger partial charge in [-0.25, -0.2) is 8.78 Å². The molecule has 154 valence electrons. The summed E-state index contributed by atoms with van der Waals surface area (Å²) < 4.78 is 30.4. The molecule has 0 unspecified atom stereocenters. The highest BCUT2D eigenvalue weighted by molar-refractivity contribution is 5.71. The molecule has 0 nitrogen and oxygen atoms in total. The average molecular weight is 395 g/mol. The van der Waals surface area contributed by atoms with Crippen LogP contribution >= 0.6 is 0 Å². The van der Waals surface area contributed by atoms with Gasteiger partial charge in [-0.15, -0.1) is 0 Å². The number of aryl methyl sites for hydroxylation is 4. The summed E-state index contributed by atoms with van der Waals surface area (Å²) in [7, 11) is 0. The van der Waals surface area contributed by atoms with E-state index < -0.39 is 0 Å². The Morgan fingerprint density at radius 2 is 1.48 bits per heavy atom. The van der Waals surface area contributed by atoms with Gasteiger partial charge in [0.2, 0.25) is 0 Å². The molecule has 0 N–H and O–H groups in total. The van der Waals surface area contributed by atoms with Crippen molar-refractivity contribution in [3.8, 4) is 0 Å². The van der Waals surface area contributed by atoms with Gasteiger partial charge in [-0.1, -0.05) is 49.6 Å². The minimum absolute atomic E-state index is 0.00823. The van der Waals surface area contributed by atoms with Crippen molar-refractivity contribution < 1.29 is 8.78 Å². The molecule has 0 amide bonds. The average Bonchev–Trinajstić information content (AvgIpc) is 3.25. The van der Waals surface area contributed by atoms with Crippen LogP contribution in [0.3, 0.4) is 0 Å².